The van der Waals surface area contributed by atoms with E-state index in [0.717, 1.165) is 17.6 Å². The quantitative estimate of drug-likeness (QED) is 0.795. The van der Waals surface area contributed by atoms with Gasteiger partial charge in [-0.1, -0.05) is 18.2 Å². The van der Waals surface area contributed by atoms with Gasteiger partial charge in [0.1, 0.15) is 5.60 Å². The molecule has 0 aliphatic carbocycles. The number of amides is 1. The van der Waals surface area contributed by atoms with Crippen LogP contribution in [0.1, 0.15) is 45.0 Å². The summed E-state index contributed by atoms with van der Waals surface area (Å²) < 4.78 is 5.51. The number of nitrogens with zero attached hydrogens (tertiary/aromatic N) is 1. The smallest absolute Gasteiger partial charge is 0.410 e. The molecule has 1 aromatic carbocycles. The van der Waals surface area contributed by atoms with Gasteiger partial charge in [0.15, 0.2) is 0 Å². The first-order valence-electron chi connectivity index (χ1n) is 7.46. The Labute approximate surface area is 125 Å². The Morgan fingerprint density at radius 1 is 1.33 bits per heavy atom. The zero-order valence-electron chi connectivity index (χ0n) is 13.1. The zero-order chi connectivity index (χ0) is 15.2. The van der Waals surface area contributed by atoms with Crippen molar-refractivity contribution in [3.63, 3.8) is 0 Å². The fourth-order valence-electron chi connectivity index (χ4n) is 3.00. The molecule has 0 radical (unpaired) electrons. The highest BCUT2D eigenvalue weighted by Gasteiger charge is 2.32. The molecule has 2 aromatic rings. The van der Waals surface area contributed by atoms with Crippen molar-refractivity contribution >= 4 is 17.0 Å². The number of carbonyl (C=O) groups excluding carboxylic acids is 1. The molecule has 1 aliphatic heterocycles. The molecule has 1 aromatic heterocycles. The van der Waals surface area contributed by atoms with E-state index in [2.05, 4.69) is 30.1 Å². The van der Waals surface area contributed by atoms with Gasteiger partial charge in [-0.05, 0) is 45.7 Å². The van der Waals surface area contributed by atoms with Crippen LogP contribution in [0.25, 0.3) is 10.9 Å². The number of para-hydroxylation sites is 1. The van der Waals surface area contributed by atoms with Gasteiger partial charge in [-0.2, -0.15) is 0 Å². The highest BCUT2D eigenvalue weighted by Crippen LogP contribution is 2.34. The molecule has 21 heavy (non-hydrogen) atoms. The van der Waals surface area contributed by atoms with E-state index in [1.165, 1.54) is 10.9 Å². The van der Waals surface area contributed by atoms with Crippen molar-refractivity contribution in [2.75, 3.05) is 6.54 Å². The lowest BCUT2D eigenvalue weighted by Gasteiger charge is -2.34. The normalized spacial score (nSPS) is 18.7. The van der Waals surface area contributed by atoms with Crippen LogP contribution in [0, 0.1) is 0 Å². The van der Waals surface area contributed by atoms with Crippen LogP contribution in [0.5, 0.6) is 0 Å². The average Bonchev–Trinajstić information content (AvgIpc) is 2.77. The summed E-state index contributed by atoms with van der Waals surface area (Å²) in [6.07, 6.45) is 0.627. The number of benzene rings is 1. The van der Waals surface area contributed by atoms with Gasteiger partial charge in [0.05, 0.1) is 6.04 Å². The molecule has 1 N–H and O–H groups in total. The Bertz CT molecular complexity index is 682. The first-order valence-corrected chi connectivity index (χ1v) is 7.46. The van der Waals surface area contributed by atoms with E-state index in [1.807, 2.05) is 31.7 Å². The number of aromatic nitrogens is 1. The van der Waals surface area contributed by atoms with Crippen molar-refractivity contribution in [3.8, 4) is 0 Å². The Balaban J connectivity index is 1.92. The predicted molar refractivity (Wildman–Crippen MR) is 83.4 cm³/mol. The van der Waals surface area contributed by atoms with Crippen molar-refractivity contribution in [2.24, 2.45) is 0 Å². The first kappa shape index (κ1) is 14.0. The van der Waals surface area contributed by atoms with Gasteiger partial charge in [-0.25, -0.2) is 4.79 Å². The molecule has 0 saturated carbocycles. The Kier molecular flexibility index (Phi) is 3.19. The number of H-pyrrole nitrogens is 1. The summed E-state index contributed by atoms with van der Waals surface area (Å²) in [7, 11) is 0. The molecule has 1 unspecified atom stereocenters. The lowest BCUT2D eigenvalue weighted by atomic mass is 9.99. The topological polar surface area (TPSA) is 45.3 Å². The van der Waals surface area contributed by atoms with E-state index in [4.69, 9.17) is 4.74 Å². The van der Waals surface area contributed by atoms with Gasteiger partial charge in [-0.3, -0.25) is 4.90 Å². The fraction of sp³-hybridized carbons (Fsp3) is 0.471. The lowest BCUT2D eigenvalue weighted by molar-refractivity contribution is 0.0156. The highest BCUT2D eigenvalue weighted by atomic mass is 16.6. The summed E-state index contributed by atoms with van der Waals surface area (Å²) in [6.45, 7) is 8.44. The maximum absolute atomic E-state index is 12.3. The third-order valence-corrected chi connectivity index (χ3v) is 3.96. The number of rotatable bonds is 0. The number of carbonyl (C=O) groups is 1. The minimum absolute atomic E-state index is 0.0102. The fourth-order valence-corrected chi connectivity index (χ4v) is 3.00. The van der Waals surface area contributed by atoms with E-state index < -0.39 is 5.60 Å². The standard InChI is InChI=1S/C17H22N2O2/c1-11-15-13(12-7-5-6-8-14(12)18-15)9-10-19(11)16(20)21-17(2,3)4/h5-8,11,18H,9-10H2,1-4H3. The second-order valence-corrected chi connectivity index (χ2v) is 6.66. The summed E-state index contributed by atoms with van der Waals surface area (Å²) in [5.74, 6) is 0. The zero-order valence-corrected chi connectivity index (χ0v) is 13.1. The Morgan fingerprint density at radius 2 is 2.05 bits per heavy atom. The third-order valence-electron chi connectivity index (χ3n) is 3.96. The van der Waals surface area contributed by atoms with Crippen LogP contribution in [0.4, 0.5) is 4.79 Å². The highest BCUT2D eigenvalue weighted by molar-refractivity contribution is 5.85. The van der Waals surface area contributed by atoms with Crippen molar-refractivity contribution in [1.29, 1.82) is 0 Å². The second-order valence-electron chi connectivity index (χ2n) is 6.66. The van der Waals surface area contributed by atoms with E-state index >= 15 is 0 Å². The van der Waals surface area contributed by atoms with Gasteiger partial charge < -0.3 is 9.72 Å². The molecule has 1 atom stereocenters. The van der Waals surface area contributed by atoms with Crippen LogP contribution in [0.15, 0.2) is 24.3 Å². The number of ether oxygens (including phenoxy) is 1. The Morgan fingerprint density at radius 3 is 2.76 bits per heavy atom. The van der Waals surface area contributed by atoms with Crippen LogP contribution >= 0.6 is 0 Å². The van der Waals surface area contributed by atoms with E-state index in [1.54, 1.807) is 0 Å². The van der Waals surface area contributed by atoms with Crippen LogP contribution in [0.2, 0.25) is 0 Å². The molecule has 3 rings (SSSR count). The number of fused-ring (bicyclic) bond motifs is 3. The molecule has 2 heterocycles. The van der Waals surface area contributed by atoms with Crippen molar-refractivity contribution in [1.82, 2.24) is 9.88 Å². The summed E-state index contributed by atoms with van der Waals surface area (Å²) in [5, 5.41) is 1.27. The van der Waals surface area contributed by atoms with Gasteiger partial charge >= 0.3 is 6.09 Å². The molecule has 1 amide bonds. The molecule has 4 nitrogen and oxygen atoms in total. The van der Waals surface area contributed by atoms with Gasteiger partial charge in [0, 0.05) is 23.1 Å². The molecule has 1 aliphatic rings. The Hall–Kier alpha value is -1.97. The molecular formula is C17H22N2O2. The number of hydrogen-bond donors (Lipinski definition) is 1. The van der Waals surface area contributed by atoms with Gasteiger partial charge in [-0.15, -0.1) is 0 Å². The molecular weight excluding hydrogens is 264 g/mol. The van der Waals surface area contributed by atoms with Crippen LogP contribution in [-0.4, -0.2) is 28.1 Å². The van der Waals surface area contributed by atoms with Crippen LogP contribution in [-0.2, 0) is 11.2 Å². The van der Waals surface area contributed by atoms with Crippen LogP contribution in [0.3, 0.4) is 0 Å². The summed E-state index contributed by atoms with van der Waals surface area (Å²) >= 11 is 0. The van der Waals surface area contributed by atoms with Crippen molar-refractivity contribution in [3.05, 3.63) is 35.5 Å². The number of aromatic amines is 1. The monoisotopic (exact) mass is 286 g/mol. The number of hydrogen-bond acceptors (Lipinski definition) is 2. The minimum atomic E-state index is -0.461. The van der Waals surface area contributed by atoms with Gasteiger partial charge in [0.2, 0.25) is 0 Å². The molecule has 0 fully saturated rings. The van der Waals surface area contributed by atoms with Gasteiger partial charge in [0.25, 0.3) is 0 Å². The average molecular weight is 286 g/mol. The van der Waals surface area contributed by atoms with E-state index in [-0.39, 0.29) is 12.1 Å². The minimum Gasteiger partial charge on any atom is -0.444 e. The van der Waals surface area contributed by atoms with E-state index in [9.17, 15) is 4.79 Å². The summed E-state index contributed by atoms with van der Waals surface area (Å²) in [5.41, 5.74) is 3.14. The second kappa shape index (κ2) is 4.79. The maximum Gasteiger partial charge on any atom is 0.410 e. The molecule has 0 spiro atoms. The predicted octanol–water partition coefficient (Wildman–Crippen LogP) is 4.02. The lowest BCUT2D eigenvalue weighted by Crippen LogP contribution is -2.42. The SMILES string of the molecule is CC1c2[nH]c3ccccc3c2CCN1C(=O)OC(C)(C)C. The maximum atomic E-state index is 12.3. The molecule has 112 valence electrons. The summed E-state index contributed by atoms with van der Waals surface area (Å²) in [4.78, 5) is 17.6. The third kappa shape index (κ3) is 2.50. The molecule has 4 heteroatoms. The summed E-state index contributed by atoms with van der Waals surface area (Å²) in [6, 6.07) is 8.32. The van der Waals surface area contributed by atoms with E-state index in [0.29, 0.717) is 6.54 Å². The number of nitrogens with one attached hydrogen (secondary N) is 1. The first-order chi connectivity index (χ1) is 9.87. The largest absolute Gasteiger partial charge is 0.444 e. The molecule has 0 saturated heterocycles. The van der Waals surface area contributed by atoms with Crippen molar-refractivity contribution in [2.45, 2.75) is 45.8 Å². The van der Waals surface area contributed by atoms with Crippen LogP contribution < -0.4 is 0 Å². The molecule has 0 bridgehead atoms. The van der Waals surface area contributed by atoms with Crippen molar-refractivity contribution < 1.29 is 9.53 Å².